The van der Waals surface area contributed by atoms with Crippen LogP contribution in [0.1, 0.15) is 34.7 Å². The molecule has 3 rings (SSSR count). The molecular formula is C21H19BrN2O4. The Balaban J connectivity index is 1.68. The van der Waals surface area contributed by atoms with Gasteiger partial charge in [-0.05, 0) is 47.9 Å². The first-order valence-corrected chi connectivity index (χ1v) is 9.45. The minimum atomic E-state index is -0.402. The monoisotopic (exact) mass is 442 g/mol. The molecule has 28 heavy (non-hydrogen) atoms. The number of ketones is 1. The molecule has 144 valence electrons. The van der Waals surface area contributed by atoms with Crippen molar-refractivity contribution < 1.29 is 19.4 Å². The van der Waals surface area contributed by atoms with Gasteiger partial charge in [-0.3, -0.25) is 9.59 Å². The number of halogens is 1. The molecule has 2 aromatic rings. The Bertz CT molecular complexity index is 951. The molecule has 1 aliphatic carbocycles. The van der Waals surface area contributed by atoms with Crippen molar-refractivity contribution in [1.29, 1.82) is 0 Å². The lowest BCUT2D eigenvalue weighted by Crippen LogP contribution is -2.22. The molecule has 6 nitrogen and oxygen atoms in total. The van der Waals surface area contributed by atoms with E-state index in [4.69, 9.17) is 4.74 Å². The molecule has 0 heterocycles. The third-order valence-corrected chi connectivity index (χ3v) is 5.04. The van der Waals surface area contributed by atoms with Crippen LogP contribution in [0.5, 0.6) is 5.75 Å². The third-order valence-electron chi connectivity index (χ3n) is 4.51. The Hall–Kier alpha value is -2.93. The van der Waals surface area contributed by atoms with Gasteiger partial charge in [-0.25, -0.2) is 5.43 Å². The number of Topliss-reactive ketones (excluding diaryl/α,β-unsaturated/α-hetero) is 1. The predicted molar refractivity (Wildman–Crippen MR) is 110 cm³/mol. The quantitative estimate of drug-likeness (QED) is 0.537. The first kappa shape index (κ1) is 19.8. The lowest BCUT2D eigenvalue weighted by Gasteiger charge is -2.22. The summed E-state index contributed by atoms with van der Waals surface area (Å²) in [5.74, 6) is -0.0844. The number of nitrogens with zero attached hydrogens (tertiary/aromatic N) is 1. The summed E-state index contributed by atoms with van der Waals surface area (Å²) in [5.41, 5.74) is 3.85. The number of amides is 1. The fraction of sp³-hybridized carbons (Fsp3) is 0.190. The third kappa shape index (κ3) is 4.67. The average Bonchev–Trinajstić information content (AvgIpc) is 2.70. The lowest BCUT2D eigenvalue weighted by atomic mass is 9.83. The van der Waals surface area contributed by atoms with Gasteiger partial charge in [0.25, 0.3) is 5.91 Å². The molecule has 0 fully saturated rings. The molecule has 1 amide bonds. The van der Waals surface area contributed by atoms with Gasteiger partial charge in [-0.2, -0.15) is 5.10 Å². The molecule has 1 aliphatic rings. The molecule has 0 aromatic heterocycles. The molecule has 0 aliphatic heterocycles. The van der Waals surface area contributed by atoms with Crippen LogP contribution in [0, 0.1) is 0 Å². The lowest BCUT2D eigenvalue weighted by molar-refractivity contribution is -0.116. The van der Waals surface area contributed by atoms with E-state index in [9.17, 15) is 14.7 Å². The van der Waals surface area contributed by atoms with Gasteiger partial charge >= 0.3 is 0 Å². The van der Waals surface area contributed by atoms with E-state index < -0.39 is 5.91 Å². The first-order valence-electron chi connectivity index (χ1n) is 8.66. The number of benzene rings is 2. The molecule has 0 saturated carbocycles. The van der Waals surface area contributed by atoms with Crippen LogP contribution >= 0.6 is 15.9 Å². The van der Waals surface area contributed by atoms with Crippen LogP contribution in [0.25, 0.3) is 0 Å². The number of hydrogen-bond acceptors (Lipinski definition) is 5. The second kappa shape index (κ2) is 8.84. The van der Waals surface area contributed by atoms with Crippen LogP contribution in [-0.2, 0) is 4.79 Å². The van der Waals surface area contributed by atoms with Gasteiger partial charge in [0.05, 0.1) is 18.9 Å². The summed E-state index contributed by atoms with van der Waals surface area (Å²) in [6, 6.07) is 14.2. The number of hydrogen-bond donors (Lipinski definition) is 2. The highest BCUT2D eigenvalue weighted by atomic mass is 79.9. The SMILES string of the molecule is COc1cccc(C2CC(=O)C(C=NNC(=O)c3ccc(Br)cc3)=C(O)C2)c1. The Morgan fingerprint density at radius 3 is 2.68 bits per heavy atom. The number of aliphatic hydroxyl groups is 1. The summed E-state index contributed by atoms with van der Waals surface area (Å²) in [4.78, 5) is 24.5. The van der Waals surface area contributed by atoms with Gasteiger partial charge in [0.2, 0.25) is 0 Å². The van der Waals surface area contributed by atoms with Crippen LogP contribution in [0.2, 0.25) is 0 Å². The summed E-state index contributed by atoms with van der Waals surface area (Å²) in [7, 11) is 1.58. The second-order valence-corrected chi connectivity index (χ2v) is 7.29. The highest BCUT2D eigenvalue weighted by Crippen LogP contribution is 2.34. The fourth-order valence-electron chi connectivity index (χ4n) is 3.01. The van der Waals surface area contributed by atoms with Crippen LogP contribution in [0.3, 0.4) is 0 Å². The van der Waals surface area contributed by atoms with E-state index in [0.29, 0.717) is 17.7 Å². The summed E-state index contributed by atoms with van der Waals surface area (Å²) >= 11 is 3.30. The van der Waals surface area contributed by atoms with Gasteiger partial charge in [0.1, 0.15) is 11.5 Å². The Kier molecular flexibility index (Phi) is 6.26. The van der Waals surface area contributed by atoms with Crippen LogP contribution in [0.4, 0.5) is 0 Å². The number of carbonyl (C=O) groups excluding carboxylic acids is 2. The second-order valence-electron chi connectivity index (χ2n) is 6.37. The van der Waals surface area contributed by atoms with Crippen LogP contribution < -0.4 is 10.2 Å². The summed E-state index contributed by atoms with van der Waals surface area (Å²) < 4.78 is 6.08. The highest BCUT2D eigenvalue weighted by Gasteiger charge is 2.28. The number of methoxy groups -OCH3 is 1. The van der Waals surface area contributed by atoms with Crippen molar-refractivity contribution in [3.63, 3.8) is 0 Å². The molecule has 2 aromatic carbocycles. The maximum atomic E-state index is 12.5. The van der Waals surface area contributed by atoms with Crippen molar-refractivity contribution in [3.8, 4) is 5.75 Å². The highest BCUT2D eigenvalue weighted by molar-refractivity contribution is 9.10. The first-order chi connectivity index (χ1) is 13.5. The van der Waals surface area contributed by atoms with Crippen molar-refractivity contribution >= 4 is 33.8 Å². The number of nitrogens with one attached hydrogen (secondary N) is 1. The molecule has 7 heteroatoms. The van der Waals surface area contributed by atoms with E-state index in [1.807, 2.05) is 24.3 Å². The zero-order valence-electron chi connectivity index (χ0n) is 15.2. The van der Waals surface area contributed by atoms with E-state index in [1.165, 1.54) is 6.21 Å². The zero-order valence-corrected chi connectivity index (χ0v) is 16.8. The van der Waals surface area contributed by atoms with E-state index in [2.05, 4.69) is 26.5 Å². The minimum Gasteiger partial charge on any atom is -0.511 e. The maximum Gasteiger partial charge on any atom is 0.271 e. The molecule has 0 spiro atoms. The van der Waals surface area contributed by atoms with Crippen molar-refractivity contribution in [2.75, 3.05) is 7.11 Å². The Morgan fingerprint density at radius 2 is 2.00 bits per heavy atom. The molecule has 0 radical (unpaired) electrons. The zero-order chi connectivity index (χ0) is 20.1. The number of hydrazone groups is 1. The van der Waals surface area contributed by atoms with Gasteiger partial charge < -0.3 is 9.84 Å². The largest absolute Gasteiger partial charge is 0.511 e. The standard InChI is InChI=1S/C21H19BrN2O4/c1-28-17-4-2-3-14(9-17)15-10-19(25)18(20(26)11-15)12-23-24-21(27)13-5-7-16(22)8-6-13/h2-9,12,15,25H,10-11H2,1H3,(H,24,27). The topological polar surface area (TPSA) is 88.0 Å². The minimum absolute atomic E-state index is 0.0364. The average molecular weight is 443 g/mol. The van der Waals surface area contributed by atoms with Crippen molar-refractivity contribution in [2.24, 2.45) is 5.10 Å². The van der Waals surface area contributed by atoms with E-state index in [0.717, 1.165) is 10.0 Å². The van der Waals surface area contributed by atoms with E-state index in [1.54, 1.807) is 31.4 Å². The number of allylic oxidation sites excluding steroid dienone is 2. The van der Waals surface area contributed by atoms with E-state index in [-0.39, 0.29) is 29.5 Å². The van der Waals surface area contributed by atoms with Gasteiger partial charge in [0.15, 0.2) is 5.78 Å². The Morgan fingerprint density at radius 1 is 1.25 bits per heavy atom. The summed E-state index contributed by atoms with van der Waals surface area (Å²) in [5, 5.41) is 14.2. The normalized spacial score (nSPS) is 17.1. The van der Waals surface area contributed by atoms with Crippen LogP contribution in [-0.4, -0.2) is 30.1 Å². The number of aliphatic hydroxyl groups excluding tert-OH is 1. The van der Waals surface area contributed by atoms with Gasteiger partial charge in [-0.1, -0.05) is 28.1 Å². The van der Waals surface area contributed by atoms with E-state index >= 15 is 0 Å². The van der Waals surface area contributed by atoms with Crippen LogP contribution in [0.15, 0.2) is 69.4 Å². The number of carbonyl (C=O) groups is 2. The molecule has 1 unspecified atom stereocenters. The molecule has 1 atom stereocenters. The maximum absolute atomic E-state index is 12.5. The van der Waals surface area contributed by atoms with Crippen molar-refractivity contribution in [2.45, 2.75) is 18.8 Å². The van der Waals surface area contributed by atoms with Gasteiger partial charge in [-0.15, -0.1) is 0 Å². The fourth-order valence-corrected chi connectivity index (χ4v) is 3.27. The molecule has 0 bridgehead atoms. The molecule has 0 saturated heterocycles. The predicted octanol–water partition coefficient (Wildman–Crippen LogP) is 4.13. The smallest absolute Gasteiger partial charge is 0.271 e. The molecular weight excluding hydrogens is 424 g/mol. The number of ether oxygens (including phenoxy) is 1. The van der Waals surface area contributed by atoms with Gasteiger partial charge in [0, 0.05) is 22.9 Å². The summed E-state index contributed by atoms with van der Waals surface area (Å²) in [6.07, 6.45) is 1.77. The van der Waals surface area contributed by atoms with Crippen molar-refractivity contribution in [3.05, 3.63) is 75.5 Å². The number of rotatable bonds is 5. The summed E-state index contributed by atoms with van der Waals surface area (Å²) in [6.45, 7) is 0. The van der Waals surface area contributed by atoms with Crippen molar-refractivity contribution in [1.82, 2.24) is 5.43 Å². The Labute approximate surface area is 171 Å². The molecule has 2 N–H and O–H groups in total.